The van der Waals surface area contributed by atoms with Gasteiger partial charge in [0.1, 0.15) is 5.75 Å². The summed E-state index contributed by atoms with van der Waals surface area (Å²) in [5.41, 5.74) is 5.09. The fourth-order valence-corrected chi connectivity index (χ4v) is 6.68. The van der Waals surface area contributed by atoms with E-state index in [0.29, 0.717) is 88.6 Å². The molecule has 2 aliphatic heterocycles. The van der Waals surface area contributed by atoms with Gasteiger partial charge in [-0.2, -0.15) is 0 Å². The van der Waals surface area contributed by atoms with Gasteiger partial charge < -0.3 is 25.8 Å². The Bertz CT molecular complexity index is 1740. The lowest BCUT2D eigenvalue weighted by atomic mass is 10.0. The van der Waals surface area contributed by atoms with E-state index < -0.39 is 0 Å². The second-order valence-electron chi connectivity index (χ2n) is 11.7. The number of halogens is 3. The smallest absolute Gasteiger partial charge is 0.220 e. The third kappa shape index (κ3) is 7.14. The number of methoxy groups -OCH3 is 1. The topological polar surface area (TPSA) is 98.8 Å². The highest BCUT2D eigenvalue weighted by atomic mass is 35.5. The molecular weight excluding hydrogens is 628 g/mol. The Labute approximate surface area is 277 Å². The first-order valence-electron chi connectivity index (χ1n) is 15.4. The highest BCUT2D eigenvalue weighted by Gasteiger charge is 2.23. The largest absolute Gasteiger partial charge is 0.496 e. The van der Waals surface area contributed by atoms with Crippen LogP contribution in [0.25, 0.3) is 22.4 Å². The minimum Gasteiger partial charge on any atom is -0.496 e. The molecule has 2 atom stereocenters. The summed E-state index contributed by atoms with van der Waals surface area (Å²) in [4.78, 5) is 18.1. The number of β-amino-alcohol motifs (C(OH)–C–C–N with tert-alkyl or cyclic N) is 1. The van der Waals surface area contributed by atoms with Crippen LogP contribution in [0.4, 0.5) is 15.8 Å². The van der Waals surface area contributed by atoms with Crippen LogP contribution in [0.1, 0.15) is 30.4 Å². The van der Waals surface area contributed by atoms with E-state index >= 15 is 4.39 Å². The first kappa shape index (κ1) is 32.2. The van der Waals surface area contributed by atoms with E-state index in [0.717, 1.165) is 24.1 Å². The van der Waals surface area contributed by atoms with Crippen molar-refractivity contribution in [3.05, 3.63) is 93.8 Å². The number of amides is 1. The van der Waals surface area contributed by atoms with Crippen molar-refractivity contribution in [1.82, 2.24) is 20.5 Å². The normalized spacial score (nSPS) is 18.2. The molecule has 4 N–H and O–H groups in total. The fraction of sp³-hybridized carbons (Fsp3) is 0.314. The van der Waals surface area contributed by atoms with Crippen molar-refractivity contribution in [2.45, 2.75) is 44.5 Å². The number of carbonyl (C=O) groups is 1. The molecule has 6 rings (SSSR count). The third-order valence-corrected chi connectivity index (χ3v) is 9.31. The van der Waals surface area contributed by atoms with Gasteiger partial charge in [0.15, 0.2) is 5.82 Å². The van der Waals surface area contributed by atoms with Crippen molar-refractivity contribution in [3.8, 4) is 28.1 Å². The monoisotopic (exact) mass is 663 g/mol. The highest BCUT2D eigenvalue weighted by Crippen LogP contribution is 2.42. The Morgan fingerprint density at radius 3 is 2.61 bits per heavy atom. The zero-order chi connectivity index (χ0) is 32.2. The van der Waals surface area contributed by atoms with Gasteiger partial charge >= 0.3 is 0 Å². The Hall–Kier alpha value is -3.73. The molecule has 240 valence electrons. The standard InChI is InChI=1S/C35H36Cl2FN5O3/c1-46-30-16-21(8-9-22(30)17-39-18-24-10-11-31(45)41-24)35-33(37)27(12-14-40-35)26-5-3-6-28(32(26)36)42-29-7-2-4-23(34(29)38)19-43-15-13-25(44)20-43/h2-9,12,14,16,24-25,39,42,44H,10-11,13,15,17-20H2,1H3,(H,41,45)/t24-,25-/m1/s1. The van der Waals surface area contributed by atoms with Crippen LogP contribution in [0.2, 0.25) is 10.0 Å². The third-order valence-electron chi connectivity index (χ3n) is 8.52. The maximum absolute atomic E-state index is 15.6. The number of aromatic nitrogens is 1. The SMILES string of the molecule is COc1cc(-c2nccc(-c3cccc(Nc4cccc(CN5CC[C@@H](O)C5)c4F)c3Cl)c2Cl)ccc1CNC[C@H]1CCC(=O)N1. The average molecular weight is 665 g/mol. The average Bonchev–Trinajstić information content (AvgIpc) is 3.67. The molecule has 0 radical (unpaired) electrons. The minimum absolute atomic E-state index is 0.0967. The Morgan fingerprint density at radius 1 is 1.04 bits per heavy atom. The Balaban J connectivity index is 1.21. The summed E-state index contributed by atoms with van der Waals surface area (Å²) in [6, 6.07) is 18.5. The second kappa shape index (κ2) is 14.4. The predicted molar refractivity (Wildman–Crippen MR) is 180 cm³/mol. The van der Waals surface area contributed by atoms with E-state index in [1.165, 1.54) is 0 Å². The Morgan fingerprint density at radius 2 is 1.85 bits per heavy atom. The fourth-order valence-electron chi connectivity index (χ4n) is 6.08. The second-order valence-corrected chi connectivity index (χ2v) is 12.5. The molecule has 46 heavy (non-hydrogen) atoms. The van der Waals surface area contributed by atoms with Gasteiger partial charge in [-0.25, -0.2) is 4.39 Å². The molecule has 0 aliphatic carbocycles. The van der Waals surface area contributed by atoms with Crippen molar-refractivity contribution in [3.63, 3.8) is 0 Å². The molecule has 4 aromatic rings. The predicted octanol–water partition coefficient (Wildman–Crippen LogP) is 6.55. The van der Waals surface area contributed by atoms with Crippen LogP contribution in [-0.4, -0.2) is 59.8 Å². The summed E-state index contributed by atoms with van der Waals surface area (Å²) in [5, 5.41) is 20.2. The molecule has 0 spiro atoms. The van der Waals surface area contributed by atoms with Gasteiger partial charge in [-0.3, -0.25) is 14.7 Å². The molecule has 0 saturated carbocycles. The van der Waals surface area contributed by atoms with Gasteiger partial charge in [0, 0.05) is 79.2 Å². The number of nitrogens with zero attached hydrogens (tertiary/aromatic N) is 2. The molecule has 2 aliphatic rings. The van der Waals surface area contributed by atoms with Gasteiger partial charge in [-0.15, -0.1) is 0 Å². The Kier molecular flexibility index (Phi) is 10.1. The van der Waals surface area contributed by atoms with E-state index in [9.17, 15) is 9.90 Å². The number of ether oxygens (including phenoxy) is 1. The number of likely N-dealkylation sites (tertiary alicyclic amines) is 1. The maximum atomic E-state index is 15.6. The van der Waals surface area contributed by atoms with Gasteiger partial charge in [0.05, 0.1) is 40.3 Å². The molecule has 3 aromatic carbocycles. The molecule has 8 nitrogen and oxygen atoms in total. The zero-order valence-electron chi connectivity index (χ0n) is 25.5. The number of hydrogen-bond donors (Lipinski definition) is 4. The quantitative estimate of drug-likeness (QED) is 0.144. The van der Waals surface area contributed by atoms with Crippen LogP contribution >= 0.6 is 23.2 Å². The molecule has 0 bridgehead atoms. The van der Waals surface area contributed by atoms with Crippen molar-refractivity contribution < 1.29 is 19.0 Å². The number of nitrogens with one attached hydrogen (secondary N) is 3. The van der Waals surface area contributed by atoms with Gasteiger partial charge in [0.2, 0.25) is 5.91 Å². The van der Waals surface area contributed by atoms with Crippen LogP contribution in [0.5, 0.6) is 5.75 Å². The number of carbonyl (C=O) groups excluding carboxylic acids is 1. The van der Waals surface area contributed by atoms with E-state index in [1.807, 2.05) is 41.3 Å². The number of pyridine rings is 1. The van der Waals surface area contributed by atoms with Crippen LogP contribution in [0.3, 0.4) is 0 Å². The van der Waals surface area contributed by atoms with E-state index in [1.54, 1.807) is 37.6 Å². The van der Waals surface area contributed by atoms with E-state index in [4.69, 9.17) is 27.9 Å². The minimum atomic E-state index is -0.367. The first-order chi connectivity index (χ1) is 22.3. The summed E-state index contributed by atoms with van der Waals surface area (Å²) >= 11 is 13.9. The van der Waals surface area contributed by atoms with E-state index in [2.05, 4.69) is 20.9 Å². The summed E-state index contributed by atoms with van der Waals surface area (Å²) in [6.45, 7) is 2.96. The van der Waals surface area contributed by atoms with Crippen molar-refractivity contribution in [2.75, 3.05) is 32.1 Å². The van der Waals surface area contributed by atoms with Crippen molar-refractivity contribution in [1.29, 1.82) is 0 Å². The molecule has 11 heteroatoms. The van der Waals surface area contributed by atoms with Crippen LogP contribution in [0.15, 0.2) is 66.9 Å². The lowest BCUT2D eigenvalue weighted by Gasteiger charge is -2.18. The van der Waals surface area contributed by atoms with Crippen LogP contribution < -0.4 is 20.7 Å². The van der Waals surface area contributed by atoms with Gasteiger partial charge in [-0.05, 0) is 37.1 Å². The molecule has 3 heterocycles. The zero-order valence-corrected chi connectivity index (χ0v) is 27.0. The summed E-state index contributed by atoms with van der Waals surface area (Å²) in [6.07, 6.45) is 3.42. The maximum Gasteiger partial charge on any atom is 0.220 e. The molecule has 1 aromatic heterocycles. The highest BCUT2D eigenvalue weighted by molar-refractivity contribution is 6.39. The van der Waals surface area contributed by atoms with Crippen molar-refractivity contribution >= 4 is 40.5 Å². The summed E-state index contributed by atoms with van der Waals surface area (Å²) < 4.78 is 21.3. The lowest BCUT2D eigenvalue weighted by Crippen LogP contribution is -2.35. The number of anilines is 2. The van der Waals surface area contributed by atoms with Gasteiger partial charge in [0.25, 0.3) is 0 Å². The van der Waals surface area contributed by atoms with Gasteiger partial charge in [-0.1, -0.05) is 59.6 Å². The number of aliphatic hydroxyl groups excluding tert-OH is 1. The number of hydrogen-bond acceptors (Lipinski definition) is 7. The van der Waals surface area contributed by atoms with Crippen LogP contribution in [-0.2, 0) is 17.9 Å². The van der Waals surface area contributed by atoms with E-state index in [-0.39, 0.29) is 23.9 Å². The number of aliphatic hydroxyl groups is 1. The molecular formula is C35H36Cl2FN5O3. The lowest BCUT2D eigenvalue weighted by molar-refractivity contribution is -0.119. The first-order valence-corrected chi connectivity index (χ1v) is 16.1. The van der Waals surface area contributed by atoms with Crippen molar-refractivity contribution in [2.24, 2.45) is 0 Å². The molecule has 1 amide bonds. The van der Waals surface area contributed by atoms with Crippen LogP contribution in [0, 0.1) is 5.82 Å². The molecule has 0 unspecified atom stereocenters. The molecule has 2 fully saturated rings. The summed E-state index contributed by atoms with van der Waals surface area (Å²) in [5.74, 6) is 0.435. The summed E-state index contributed by atoms with van der Waals surface area (Å²) in [7, 11) is 1.62. The number of benzene rings is 3. The number of rotatable bonds is 11. The molecule has 2 saturated heterocycles.